The van der Waals surface area contributed by atoms with Gasteiger partial charge in [0.1, 0.15) is 5.75 Å². The van der Waals surface area contributed by atoms with Crippen LogP contribution in [0.5, 0.6) is 5.75 Å². The van der Waals surface area contributed by atoms with Crippen LogP contribution in [0.2, 0.25) is 0 Å². The van der Waals surface area contributed by atoms with Gasteiger partial charge in [-0.25, -0.2) is 4.98 Å². The van der Waals surface area contributed by atoms with Crippen molar-refractivity contribution >= 4 is 16.7 Å². The summed E-state index contributed by atoms with van der Waals surface area (Å²) in [6, 6.07) is 16.1. The minimum Gasteiger partial charge on any atom is -0.497 e. The Balaban J connectivity index is 1.32. The first-order chi connectivity index (χ1) is 13.7. The van der Waals surface area contributed by atoms with Crippen molar-refractivity contribution in [3.8, 4) is 5.75 Å². The van der Waals surface area contributed by atoms with Crippen LogP contribution >= 0.6 is 0 Å². The van der Waals surface area contributed by atoms with Crippen molar-refractivity contribution in [3.05, 3.63) is 65.1 Å². The second kappa shape index (κ2) is 8.44. The number of piperazine rings is 1. The minimum absolute atomic E-state index is 0.0263. The van der Waals surface area contributed by atoms with Crippen molar-refractivity contribution in [2.45, 2.75) is 13.0 Å². The van der Waals surface area contributed by atoms with E-state index in [0.717, 1.165) is 62.5 Å². The van der Waals surface area contributed by atoms with Crippen molar-refractivity contribution in [2.24, 2.45) is 0 Å². The zero-order valence-corrected chi connectivity index (χ0v) is 16.3. The SMILES string of the molecule is COc1cccc(N2CCN(CCCn3c(=O)cnc4ccccc43)CC2)c1. The Labute approximate surface area is 165 Å². The summed E-state index contributed by atoms with van der Waals surface area (Å²) in [7, 11) is 1.70. The second-order valence-corrected chi connectivity index (χ2v) is 7.12. The van der Waals surface area contributed by atoms with E-state index in [1.807, 2.05) is 41.0 Å². The fourth-order valence-electron chi connectivity index (χ4n) is 3.83. The van der Waals surface area contributed by atoms with Gasteiger partial charge in [0.25, 0.3) is 5.56 Å². The number of rotatable bonds is 6. The molecule has 0 aliphatic carbocycles. The Hall–Kier alpha value is -2.86. The van der Waals surface area contributed by atoms with E-state index in [0.29, 0.717) is 0 Å². The molecule has 146 valence electrons. The molecule has 1 aliphatic rings. The van der Waals surface area contributed by atoms with Crippen LogP contribution in [-0.4, -0.2) is 54.3 Å². The van der Waals surface area contributed by atoms with E-state index in [-0.39, 0.29) is 5.56 Å². The highest BCUT2D eigenvalue weighted by Gasteiger charge is 2.17. The van der Waals surface area contributed by atoms with Gasteiger partial charge in [0, 0.05) is 44.5 Å². The summed E-state index contributed by atoms with van der Waals surface area (Å²) >= 11 is 0. The van der Waals surface area contributed by atoms with Crippen molar-refractivity contribution in [3.63, 3.8) is 0 Å². The van der Waals surface area contributed by atoms with E-state index in [1.165, 1.54) is 11.9 Å². The van der Waals surface area contributed by atoms with Gasteiger partial charge >= 0.3 is 0 Å². The molecule has 28 heavy (non-hydrogen) atoms. The van der Waals surface area contributed by atoms with E-state index in [9.17, 15) is 4.79 Å². The van der Waals surface area contributed by atoms with Crippen molar-refractivity contribution < 1.29 is 4.74 Å². The summed E-state index contributed by atoms with van der Waals surface area (Å²) in [5.74, 6) is 0.898. The summed E-state index contributed by atoms with van der Waals surface area (Å²) in [5, 5.41) is 0. The fraction of sp³-hybridized carbons (Fsp3) is 0.364. The van der Waals surface area contributed by atoms with E-state index in [4.69, 9.17) is 4.74 Å². The Morgan fingerprint density at radius 1 is 1.00 bits per heavy atom. The van der Waals surface area contributed by atoms with Crippen LogP contribution in [0.3, 0.4) is 0 Å². The summed E-state index contributed by atoms with van der Waals surface area (Å²) in [6.45, 7) is 5.79. The number of nitrogens with zero attached hydrogens (tertiary/aromatic N) is 4. The lowest BCUT2D eigenvalue weighted by atomic mass is 10.2. The first kappa shape index (κ1) is 18.5. The average Bonchev–Trinajstić information content (AvgIpc) is 2.76. The molecule has 0 spiro atoms. The molecule has 0 radical (unpaired) electrons. The zero-order valence-electron chi connectivity index (χ0n) is 16.3. The maximum absolute atomic E-state index is 12.2. The summed E-state index contributed by atoms with van der Waals surface area (Å²) in [5.41, 5.74) is 2.97. The molecule has 0 bridgehead atoms. The zero-order chi connectivity index (χ0) is 19.3. The molecule has 1 aliphatic heterocycles. The number of benzene rings is 2. The Morgan fingerprint density at radius 3 is 2.64 bits per heavy atom. The highest BCUT2D eigenvalue weighted by molar-refractivity contribution is 5.74. The van der Waals surface area contributed by atoms with Crippen molar-refractivity contribution in [1.29, 1.82) is 0 Å². The molecule has 0 saturated carbocycles. The molecule has 2 aromatic carbocycles. The third-order valence-corrected chi connectivity index (χ3v) is 5.40. The third kappa shape index (κ3) is 4.02. The normalized spacial score (nSPS) is 15.1. The average molecular weight is 378 g/mol. The number of ether oxygens (including phenoxy) is 1. The molecular formula is C22H26N4O2. The quantitative estimate of drug-likeness (QED) is 0.660. The maximum Gasteiger partial charge on any atom is 0.269 e. The number of aryl methyl sites for hydroxylation is 1. The van der Waals surface area contributed by atoms with Crippen LogP contribution in [0.15, 0.2) is 59.5 Å². The van der Waals surface area contributed by atoms with Crippen LogP contribution in [0.4, 0.5) is 5.69 Å². The summed E-state index contributed by atoms with van der Waals surface area (Å²) in [6.07, 6.45) is 2.38. The molecule has 0 unspecified atom stereocenters. The number of methoxy groups -OCH3 is 1. The molecule has 4 rings (SSSR count). The predicted octanol–water partition coefficient (Wildman–Crippen LogP) is 2.62. The molecule has 6 heteroatoms. The van der Waals surface area contributed by atoms with E-state index >= 15 is 0 Å². The van der Waals surface area contributed by atoms with Crippen LogP contribution in [0.1, 0.15) is 6.42 Å². The van der Waals surface area contributed by atoms with Crippen LogP contribution in [-0.2, 0) is 6.54 Å². The topological polar surface area (TPSA) is 50.6 Å². The molecule has 1 saturated heterocycles. The van der Waals surface area contributed by atoms with Gasteiger partial charge < -0.3 is 14.2 Å². The Kier molecular flexibility index (Phi) is 5.58. The number of fused-ring (bicyclic) bond motifs is 1. The lowest BCUT2D eigenvalue weighted by Crippen LogP contribution is -2.46. The van der Waals surface area contributed by atoms with Crippen molar-refractivity contribution in [2.75, 3.05) is 44.7 Å². The number of aromatic nitrogens is 2. The first-order valence-corrected chi connectivity index (χ1v) is 9.80. The Morgan fingerprint density at radius 2 is 1.82 bits per heavy atom. The number of hydrogen-bond donors (Lipinski definition) is 0. The van der Waals surface area contributed by atoms with Gasteiger partial charge in [-0.05, 0) is 37.2 Å². The monoisotopic (exact) mass is 378 g/mol. The summed E-state index contributed by atoms with van der Waals surface area (Å²) < 4.78 is 7.17. The lowest BCUT2D eigenvalue weighted by molar-refractivity contribution is 0.250. The molecule has 6 nitrogen and oxygen atoms in total. The Bertz CT molecular complexity index is 993. The molecule has 0 N–H and O–H groups in total. The van der Waals surface area contributed by atoms with E-state index < -0.39 is 0 Å². The number of para-hydroxylation sites is 2. The molecule has 1 aromatic heterocycles. The van der Waals surface area contributed by atoms with Gasteiger partial charge in [0.2, 0.25) is 0 Å². The number of hydrogen-bond acceptors (Lipinski definition) is 5. The minimum atomic E-state index is -0.0263. The molecule has 2 heterocycles. The van der Waals surface area contributed by atoms with Gasteiger partial charge in [-0.3, -0.25) is 9.69 Å². The molecule has 0 atom stereocenters. The first-order valence-electron chi connectivity index (χ1n) is 9.80. The van der Waals surface area contributed by atoms with Gasteiger partial charge in [0.15, 0.2) is 0 Å². The highest BCUT2D eigenvalue weighted by atomic mass is 16.5. The van der Waals surface area contributed by atoms with Crippen LogP contribution in [0, 0.1) is 0 Å². The summed E-state index contributed by atoms with van der Waals surface area (Å²) in [4.78, 5) is 21.3. The van der Waals surface area contributed by atoms with Crippen LogP contribution in [0.25, 0.3) is 11.0 Å². The molecular weight excluding hydrogens is 352 g/mol. The number of anilines is 1. The second-order valence-electron chi connectivity index (χ2n) is 7.12. The smallest absolute Gasteiger partial charge is 0.269 e. The fourth-order valence-corrected chi connectivity index (χ4v) is 3.83. The van der Waals surface area contributed by atoms with Gasteiger partial charge in [-0.15, -0.1) is 0 Å². The van der Waals surface area contributed by atoms with Gasteiger partial charge in [0.05, 0.1) is 24.3 Å². The predicted molar refractivity (Wildman–Crippen MR) is 112 cm³/mol. The molecule has 3 aromatic rings. The van der Waals surface area contributed by atoms with Gasteiger partial charge in [-0.1, -0.05) is 18.2 Å². The molecule has 0 amide bonds. The maximum atomic E-state index is 12.2. The standard InChI is InChI=1S/C22H26N4O2/c1-28-19-7-4-6-18(16-19)25-14-12-24(13-15-25)10-5-11-26-21-9-3-2-8-20(21)23-17-22(26)27/h2-4,6-9,16-17H,5,10-15H2,1H3. The third-order valence-electron chi connectivity index (χ3n) is 5.40. The van der Waals surface area contributed by atoms with Crippen molar-refractivity contribution in [1.82, 2.24) is 14.5 Å². The largest absolute Gasteiger partial charge is 0.497 e. The lowest BCUT2D eigenvalue weighted by Gasteiger charge is -2.36. The van der Waals surface area contributed by atoms with E-state index in [2.05, 4.69) is 26.9 Å². The van der Waals surface area contributed by atoms with Crippen LogP contribution < -0.4 is 15.2 Å². The van der Waals surface area contributed by atoms with Gasteiger partial charge in [-0.2, -0.15) is 0 Å². The molecule has 1 fully saturated rings. The highest BCUT2D eigenvalue weighted by Crippen LogP contribution is 2.22. The van der Waals surface area contributed by atoms with E-state index in [1.54, 1.807) is 7.11 Å².